The molecule has 1 aromatic heterocycles. The zero-order chi connectivity index (χ0) is 13.2. The van der Waals surface area contributed by atoms with Crippen LogP contribution in [0.2, 0.25) is 0 Å². The Kier molecular flexibility index (Phi) is 4.16. The van der Waals surface area contributed by atoms with Gasteiger partial charge in [-0.05, 0) is 36.7 Å². The number of hydrogen-bond donors (Lipinski definition) is 0. The van der Waals surface area contributed by atoms with Gasteiger partial charge in [0, 0.05) is 11.8 Å². The fraction of sp³-hybridized carbons (Fsp3) is 0.667. The zero-order valence-corrected chi connectivity index (χ0v) is 12.2. The summed E-state index contributed by atoms with van der Waals surface area (Å²) in [6.45, 7) is 6.94. The first kappa shape index (κ1) is 13.7. The van der Waals surface area contributed by atoms with Gasteiger partial charge in [-0.25, -0.2) is 4.98 Å². The molecule has 100 valence electrons. The molecule has 1 saturated carbocycles. The van der Waals surface area contributed by atoms with Gasteiger partial charge in [-0.1, -0.05) is 26.8 Å². The molecule has 0 N–H and O–H groups in total. The van der Waals surface area contributed by atoms with Crippen LogP contribution >= 0.6 is 11.6 Å². The molecule has 2 unspecified atom stereocenters. The molecule has 3 heteroatoms. The second kappa shape index (κ2) is 5.48. The lowest BCUT2D eigenvalue weighted by molar-refractivity contribution is 0.0527. The first-order chi connectivity index (χ1) is 8.50. The van der Waals surface area contributed by atoms with Gasteiger partial charge in [-0.3, -0.25) is 0 Å². The van der Waals surface area contributed by atoms with Crippen LogP contribution in [0.1, 0.15) is 45.6 Å². The van der Waals surface area contributed by atoms with Crippen molar-refractivity contribution in [2.75, 3.05) is 0 Å². The number of rotatable bonds is 3. The Bertz CT molecular complexity index is 405. The Morgan fingerprint density at radius 2 is 2.22 bits per heavy atom. The van der Waals surface area contributed by atoms with Gasteiger partial charge in [0.2, 0.25) is 5.88 Å². The summed E-state index contributed by atoms with van der Waals surface area (Å²) in [6, 6.07) is 3.88. The third-order valence-electron chi connectivity index (χ3n) is 3.62. The zero-order valence-electron chi connectivity index (χ0n) is 11.4. The predicted molar refractivity (Wildman–Crippen MR) is 75.0 cm³/mol. The maximum atomic E-state index is 6.09. The molecule has 0 saturated heterocycles. The number of ether oxygens (including phenoxy) is 1. The highest BCUT2D eigenvalue weighted by molar-refractivity contribution is 6.17. The Labute approximate surface area is 115 Å². The normalized spacial score (nSPS) is 26.9. The van der Waals surface area contributed by atoms with Crippen molar-refractivity contribution in [3.05, 3.63) is 23.9 Å². The molecule has 0 aromatic carbocycles. The van der Waals surface area contributed by atoms with Crippen LogP contribution in [-0.4, -0.2) is 11.1 Å². The maximum Gasteiger partial charge on any atom is 0.218 e. The summed E-state index contributed by atoms with van der Waals surface area (Å²) in [6.07, 6.45) is 5.51. The highest BCUT2D eigenvalue weighted by Crippen LogP contribution is 2.40. The van der Waals surface area contributed by atoms with Crippen molar-refractivity contribution in [1.29, 1.82) is 0 Å². The van der Waals surface area contributed by atoms with Crippen molar-refractivity contribution in [2.45, 2.75) is 52.0 Å². The molecule has 1 fully saturated rings. The molecular formula is C15H22ClNO. The monoisotopic (exact) mass is 267 g/mol. The van der Waals surface area contributed by atoms with E-state index in [2.05, 4.69) is 25.8 Å². The van der Waals surface area contributed by atoms with E-state index in [1.807, 2.05) is 12.1 Å². The lowest BCUT2D eigenvalue weighted by atomic mass is 9.71. The highest BCUT2D eigenvalue weighted by Gasteiger charge is 2.33. The van der Waals surface area contributed by atoms with E-state index < -0.39 is 0 Å². The van der Waals surface area contributed by atoms with Crippen molar-refractivity contribution in [1.82, 2.24) is 4.98 Å². The van der Waals surface area contributed by atoms with Gasteiger partial charge in [-0.2, -0.15) is 0 Å². The van der Waals surface area contributed by atoms with E-state index in [1.54, 1.807) is 6.20 Å². The van der Waals surface area contributed by atoms with E-state index in [-0.39, 0.29) is 6.10 Å². The molecule has 0 radical (unpaired) electrons. The van der Waals surface area contributed by atoms with Gasteiger partial charge >= 0.3 is 0 Å². The van der Waals surface area contributed by atoms with Crippen LogP contribution in [0.3, 0.4) is 0 Å². The minimum Gasteiger partial charge on any atom is -0.474 e. The Morgan fingerprint density at radius 3 is 2.89 bits per heavy atom. The summed E-state index contributed by atoms with van der Waals surface area (Å²) in [5.74, 6) is 1.87. The molecule has 0 amide bonds. The van der Waals surface area contributed by atoms with Crippen LogP contribution in [0.25, 0.3) is 0 Å². The number of pyridine rings is 1. The van der Waals surface area contributed by atoms with Crippen LogP contribution in [0.4, 0.5) is 0 Å². The van der Waals surface area contributed by atoms with Gasteiger partial charge in [-0.15, -0.1) is 11.6 Å². The second-order valence-corrected chi connectivity index (χ2v) is 6.52. The van der Waals surface area contributed by atoms with Crippen molar-refractivity contribution in [2.24, 2.45) is 11.3 Å². The van der Waals surface area contributed by atoms with Crippen molar-refractivity contribution >= 4 is 11.6 Å². The maximum absolute atomic E-state index is 6.09. The van der Waals surface area contributed by atoms with E-state index in [4.69, 9.17) is 16.3 Å². The molecule has 1 heterocycles. The molecule has 18 heavy (non-hydrogen) atoms. The number of alkyl halides is 1. The van der Waals surface area contributed by atoms with Crippen molar-refractivity contribution in [3.8, 4) is 5.88 Å². The number of aromatic nitrogens is 1. The summed E-state index contributed by atoms with van der Waals surface area (Å²) >= 11 is 5.91. The van der Waals surface area contributed by atoms with E-state index in [1.165, 1.54) is 6.42 Å². The molecule has 2 rings (SSSR count). The second-order valence-electron chi connectivity index (χ2n) is 6.25. The summed E-state index contributed by atoms with van der Waals surface area (Å²) in [5.41, 5.74) is 1.34. The SMILES string of the molecule is CC1CC(Oc2ncccc2CCl)CC(C)(C)C1. The van der Waals surface area contributed by atoms with Gasteiger partial charge < -0.3 is 4.74 Å². The van der Waals surface area contributed by atoms with Crippen LogP contribution < -0.4 is 4.74 Å². The average Bonchev–Trinajstić information content (AvgIpc) is 2.27. The largest absolute Gasteiger partial charge is 0.474 e. The Hall–Kier alpha value is -0.760. The quantitative estimate of drug-likeness (QED) is 0.757. The molecule has 0 spiro atoms. The van der Waals surface area contributed by atoms with Crippen molar-refractivity contribution < 1.29 is 4.74 Å². The van der Waals surface area contributed by atoms with Gasteiger partial charge in [0.15, 0.2) is 0 Å². The molecule has 2 nitrogen and oxygen atoms in total. The first-order valence-electron chi connectivity index (χ1n) is 6.67. The fourth-order valence-electron chi connectivity index (χ4n) is 3.14. The van der Waals surface area contributed by atoms with E-state index >= 15 is 0 Å². The molecular weight excluding hydrogens is 246 g/mol. The lowest BCUT2D eigenvalue weighted by Crippen LogP contribution is -2.34. The molecule has 1 aliphatic rings. The average molecular weight is 268 g/mol. The minimum atomic E-state index is 0.264. The standard InChI is InChI=1S/C15H22ClNO/c1-11-7-13(9-15(2,3)8-11)18-14-12(10-16)5-4-6-17-14/h4-6,11,13H,7-10H2,1-3H3. The number of halogens is 1. The van der Waals surface area contributed by atoms with Crippen LogP contribution in [0.15, 0.2) is 18.3 Å². The summed E-state index contributed by atoms with van der Waals surface area (Å²) in [4.78, 5) is 4.31. The van der Waals surface area contributed by atoms with Crippen LogP contribution in [-0.2, 0) is 5.88 Å². The van der Waals surface area contributed by atoms with Gasteiger partial charge in [0.1, 0.15) is 6.10 Å². The van der Waals surface area contributed by atoms with Crippen LogP contribution in [0, 0.1) is 11.3 Å². The van der Waals surface area contributed by atoms with Gasteiger partial charge in [0.05, 0.1) is 5.88 Å². The summed E-state index contributed by atoms with van der Waals surface area (Å²) < 4.78 is 6.09. The minimum absolute atomic E-state index is 0.264. The molecule has 0 bridgehead atoms. The number of nitrogens with zero attached hydrogens (tertiary/aromatic N) is 1. The summed E-state index contributed by atoms with van der Waals surface area (Å²) in [5, 5.41) is 0. The third-order valence-corrected chi connectivity index (χ3v) is 3.91. The van der Waals surface area contributed by atoms with E-state index in [9.17, 15) is 0 Å². The smallest absolute Gasteiger partial charge is 0.218 e. The molecule has 2 atom stereocenters. The Morgan fingerprint density at radius 1 is 1.44 bits per heavy atom. The van der Waals surface area contributed by atoms with Crippen LogP contribution in [0.5, 0.6) is 5.88 Å². The molecule has 0 aliphatic heterocycles. The topological polar surface area (TPSA) is 22.1 Å². The van der Waals surface area contributed by atoms with E-state index in [0.29, 0.717) is 23.1 Å². The lowest BCUT2D eigenvalue weighted by Gasteiger charge is -2.38. The van der Waals surface area contributed by atoms with Gasteiger partial charge in [0.25, 0.3) is 0 Å². The van der Waals surface area contributed by atoms with Crippen molar-refractivity contribution in [3.63, 3.8) is 0 Å². The molecule has 1 aliphatic carbocycles. The highest BCUT2D eigenvalue weighted by atomic mass is 35.5. The Balaban J connectivity index is 2.09. The fourth-order valence-corrected chi connectivity index (χ4v) is 3.34. The first-order valence-corrected chi connectivity index (χ1v) is 7.20. The van der Waals surface area contributed by atoms with E-state index in [0.717, 1.165) is 18.4 Å². The summed E-state index contributed by atoms with van der Waals surface area (Å²) in [7, 11) is 0. The third kappa shape index (κ3) is 3.38. The molecule has 1 aromatic rings. The predicted octanol–water partition coefficient (Wildman–Crippen LogP) is 4.41. The number of hydrogen-bond acceptors (Lipinski definition) is 2.